The number of pyridine rings is 1. The van der Waals surface area contributed by atoms with Crippen molar-refractivity contribution in [2.45, 2.75) is 31.5 Å². The van der Waals surface area contributed by atoms with Crippen molar-refractivity contribution >= 4 is 0 Å². The number of hydrogen-bond acceptors (Lipinski definition) is 4. The van der Waals surface area contributed by atoms with E-state index in [0.29, 0.717) is 12.1 Å². The van der Waals surface area contributed by atoms with Crippen LogP contribution in [0, 0.1) is 0 Å². The minimum atomic E-state index is 0.317. The summed E-state index contributed by atoms with van der Waals surface area (Å²) in [6.07, 6.45) is 6.15. The summed E-state index contributed by atoms with van der Waals surface area (Å²) in [4.78, 5) is 4.25. The van der Waals surface area contributed by atoms with Crippen molar-refractivity contribution < 1.29 is 4.74 Å². The average Bonchev–Trinajstić information content (AvgIpc) is 2.61. The molecule has 1 aliphatic rings. The molecule has 2 N–H and O–H groups in total. The number of aromatic nitrogens is 1. The van der Waals surface area contributed by atoms with E-state index in [0.717, 1.165) is 18.8 Å². The van der Waals surface area contributed by atoms with Crippen molar-refractivity contribution in [2.75, 3.05) is 13.7 Å². The number of methoxy groups -OCH3 is 1. The molecule has 4 nitrogen and oxygen atoms in total. The molecule has 4 heteroatoms. The zero-order valence-corrected chi connectivity index (χ0v) is 13.0. The molecule has 1 aromatic heterocycles. The number of piperidine rings is 1. The van der Waals surface area contributed by atoms with Crippen LogP contribution in [0.5, 0.6) is 5.75 Å². The van der Waals surface area contributed by atoms with Gasteiger partial charge in [-0.1, -0.05) is 24.3 Å². The minimum absolute atomic E-state index is 0.317. The van der Waals surface area contributed by atoms with Gasteiger partial charge >= 0.3 is 0 Å². The predicted octanol–water partition coefficient (Wildman–Crippen LogP) is 2.67. The number of benzene rings is 1. The Morgan fingerprint density at radius 1 is 1.27 bits per heavy atom. The molecule has 0 radical (unpaired) electrons. The number of hydrogen-bond donors (Lipinski definition) is 2. The Labute approximate surface area is 131 Å². The molecule has 22 heavy (non-hydrogen) atoms. The van der Waals surface area contributed by atoms with Crippen molar-refractivity contribution in [3.8, 4) is 5.75 Å². The summed E-state index contributed by atoms with van der Waals surface area (Å²) in [6.45, 7) is 1.87. The summed E-state index contributed by atoms with van der Waals surface area (Å²) in [5.41, 5.74) is 2.44. The summed E-state index contributed by atoms with van der Waals surface area (Å²) in [7, 11) is 1.72. The zero-order chi connectivity index (χ0) is 15.2. The number of para-hydroxylation sites is 1. The predicted molar refractivity (Wildman–Crippen MR) is 87.8 cm³/mol. The van der Waals surface area contributed by atoms with Crippen LogP contribution >= 0.6 is 0 Å². The number of nitrogens with zero attached hydrogens (tertiary/aromatic N) is 1. The zero-order valence-electron chi connectivity index (χ0n) is 13.0. The fourth-order valence-electron chi connectivity index (χ4n) is 3.11. The van der Waals surface area contributed by atoms with Crippen molar-refractivity contribution in [3.05, 3.63) is 59.9 Å². The second-order valence-electron chi connectivity index (χ2n) is 5.66. The van der Waals surface area contributed by atoms with Gasteiger partial charge < -0.3 is 15.4 Å². The second kappa shape index (κ2) is 7.38. The maximum absolute atomic E-state index is 5.43. The van der Waals surface area contributed by atoms with E-state index in [2.05, 4.69) is 33.8 Å². The van der Waals surface area contributed by atoms with E-state index in [9.17, 15) is 0 Å². The van der Waals surface area contributed by atoms with E-state index < -0.39 is 0 Å². The van der Waals surface area contributed by atoms with Crippen molar-refractivity contribution in [1.82, 2.24) is 15.6 Å². The molecule has 0 aliphatic carbocycles. The molecule has 3 rings (SSSR count). The summed E-state index contributed by atoms with van der Waals surface area (Å²) in [5.74, 6) is 0.941. The second-order valence-corrected chi connectivity index (χ2v) is 5.66. The Balaban J connectivity index is 1.69. The quantitative estimate of drug-likeness (QED) is 0.891. The van der Waals surface area contributed by atoms with Gasteiger partial charge in [0, 0.05) is 36.6 Å². The van der Waals surface area contributed by atoms with Crippen LogP contribution in [0.4, 0.5) is 0 Å². The van der Waals surface area contributed by atoms with Crippen LogP contribution in [0.3, 0.4) is 0 Å². The van der Waals surface area contributed by atoms with Gasteiger partial charge in [-0.15, -0.1) is 0 Å². The summed E-state index contributed by atoms with van der Waals surface area (Å²) in [6, 6.07) is 13.0. The standard InChI is InChI=1S/C18H23N3O/c1-22-17-9-3-2-6-14(17)13-21-16-8-5-11-20-18(16)15-7-4-10-19-12-15/h2-4,6-7,9-10,12,16,18,20-21H,5,8,11,13H2,1H3. The van der Waals surface area contributed by atoms with Gasteiger partial charge in [0.1, 0.15) is 5.75 Å². The monoisotopic (exact) mass is 297 g/mol. The van der Waals surface area contributed by atoms with Gasteiger partial charge in [-0.2, -0.15) is 0 Å². The third kappa shape index (κ3) is 3.46. The molecule has 1 fully saturated rings. The molecule has 1 saturated heterocycles. The Kier molecular flexibility index (Phi) is 5.03. The van der Waals surface area contributed by atoms with Crippen molar-refractivity contribution in [1.29, 1.82) is 0 Å². The molecule has 2 aromatic rings. The molecule has 2 atom stereocenters. The first kappa shape index (κ1) is 15.0. The topological polar surface area (TPSA) is 46.2 Å². The summed E-state index contributed by atoms with van der Waals surface area (Å²) in [5, 5.41) is 7.31. The minimum Gasteiger partial charge on any atom is -0.496 e. The highest BCUT2D eigenvalue weighted by Gasteiger charge is 2.25. The van der Waals surface area contributed by atoms with Crippen LogP contribution in [0.15, 0.2) is 48.8 Å². The molecule has 1 aliphatic heterocycles. The molecule has 2 unspecified atom stereocenters. The van der Waals surface area contributed by atoms with Crippen LogP contribution in [0.1, 0.15) is 30.0 Å². The maximum Gasteiger partial charge on any atom is 0.123 e. The lowest BCUT2D eigenvalue weighted by Gasteiger charge is -2.33. The van der Waals surface area contributed by atoms with Gasteiger partial charge in [0.25, 0.3) is 0 Å². The molecule has 0 saturated carbocycles. The molecule has 1 aromatic carbocycles. The Morgan fingerprint density at radius 2 is 2.18 bits per heavy atom. The van der Waals surface area contributed by atoms with E-state index in [4.69, 9.17) is 4.74 Å². The van der Waals surface area contributed by atoms with Gasteiger partial charge in [-0.3, -0.25) is 4.98 Å². The Hall–Kier alpha value is -1.91. The van der Waals surface area contributed by atoms with E-state index in [-0.39, 0.29) is 0 Å². The smallest absolute Gasteiger partial charge is 0.123 e. The molecule has 0 spiro atoms. The third-order valence-corrected chi connectivity index (χ3v) is 4.25. The fourth-order valence-corrected chi connectivity index (χ4v) is 3.11. The number of nitrogens with one attached hydrogen (secondary N) is 2. The van der Waals surface area contributed by atoms with E-state index in [1.807, 2.05) is 30.6 Å². The maximum atomic E-state index is 5.43. The van der Waals surface area contributed by atoms with Crippen LogP contribution in [0.25, 0.3) is 0 Å². The lowest BCUT2D eigenvalue weighted by molar-refractivity contribution is 0.302. The van der Waals surface area contributed by atoms with E-state index in [1.165, 1.54) is 24.0 Å². The molecule has 116 valence electrons. The highest BCUT2D eigenvalue weighted by atomic mass is 16.5. The number of ether oxygens (including phenoxy) is 1. The molecule has 2 heterocycles. The van der Waals surface area contributed by atoms with E-state index in [1.54, 1.807) is 7.11 Å². The van der Waals surface area contributed by atoms with Crippen LogP contribution in [0.2, 0.25) is 0 Å². The third-order valence-electron chi connectivity index (χ3n) is 4.25. The molecule has 0 bridgehead atoms. The molecule has 0 amide bonds. The Morgan fingerprint density at radius 3 is 3.00 bits per heavy atom. The molecular weight excluding hydrogens is 274 g/mol. The van der Waals surface area contributed by atoms with Crippen LogP contribution < -0.4 is 15.4 Å². The van der Waals surface area contributed by atoms with Gasteiger partial charge in [0.15, 0.2) is 0 Å². The SMILES string of the molecule is COc1ccccc1CNC1CCCNC1c1cccnc1. The lowest BCUT2D eigenvalue weighted by atomic mass is 9.93. The highest BCUT2D eigenvalue weighted by Crippen LogP contribution is 2.24. The largest absolute Gasteiger partial charge is 0.496 e. The van der Waals surface area contributed by atoms with Crippen LogP contribution in [-0.4, -0.2) is 24.7 Å². The summed E-state index contributed by atoms with van der Waals surface area (Å²) >= 11 is 0. The van der Waals surface area contributed by atoms with E-state index >= 15 is 0 Å². The number of rotatable bonds is 5. The first-order valence-electron chi connectivity index (χ1n) is 7.87. The first-order chi connectivity index (χ1) is 10.9. The Bertz CT molecular complexity index is 588. The van der Waals surface area contributed by atoms with Crippen molar-refractivity contribution in [2.24, 2.45) is 0 Å². The average molecular weight is 297 g/mol. The summed E-state index contributed by atoms with van der Waals surface area (Å²) < 4.78 is 5.43. The van der Waals surface area contributed by atoms with Gasteiger partial charge in [0.05, 0.1) is 7.11 Å². The molecular formula is C18H23N3O. The van der Waals surface area contributed by atoms with Crippen LogP contribution in [-0.2, 0) is 6.54 Å². The first-order valence-corrected chi connectivity index (χ1v) is 7.87. The fraction of sp³-hybridized carbons (Fsp3) is 0.389. The van der Waals surface area contributed by atoms with Gasteiger partial charge in [-0.25, -0.2) is 0 Å². The lowest BCUT2D eigenvalue weighted by Crippen LogP contribution is -2.45. The highest BCUT2D eigenvalue weighted by molar-refractivity contribution is 5.33. The van der Waals surface area contributed by atoms with Gasteiger partial charge in [-0.05, 0) is 37.1 Å². The van der Waals surface area contributed by atoms with Crippen molar-refractivity contribution in [3.63, 3.8) is 0 Å². The normalized spacial score (nSPS) is 21.5. The van der Waals surface area contributed by atoms with Gasteiger partial charge in [0.2, 0.25) is 0 Å².